The summed E-state index contributed by atoms with van der Waals surface area (Å²) in [7, 11) is -1.67. The zero-order valence-electron chi connectivity index (χ0n) is 9.14. The molecule has 0 aromatic carbocycles. The van der Waals surface area contributed by atoms with Gasteiger partial charge in [0, 0.05) is 16.8 Å². The fourth-order valence-electron chi connectivity index (χ4n) is 1.39. The van der Waals surface area contributed by atoms with Gasteiger partial charge >= 0.3 is 0 Å². The van der Waals surface area contributed by atoms with Gasteiger partial charge < -0.3 is 5.32 Å². The predicted octanol–water partition coefficient (Wildman–Crippen LogP) is 2.33. The van der Waals surface area contributed by atoms with Gasteiger partial charge in [0.2, 0.25) is 0 Å². The highest BCUT2D eigenvalue weighted by Crippen LogP contribution is 2.24. The maximum absolute atomic E-state index is 12.1. The molecule has 0 fully saturated rings. The van der Waals surface area contributed by atoms with Crippen LogP contribution in [0, 0.1) is 0 Å². The largest absolute Gasteiger partial charge is 0.315 e. The van der Waals surface area contributed by atoms with Gasteiger partial charge in [-0.1, -0.05) is 0 Å². The molecular formula is C10H12N2O2S3. The third kappa shape index (κ3) is 2.86. The quantitative estimate of drug-likeness (QED) is 0.888. The van der Waals surface area contributed by atoms with Crippen molar-refractivity contribution >= 4 is 38.4 Å². The standard InChI is InChI=1S/C10H12N2O2S3/c1-11-6-9-10(3-5-16-9)17(13,14)12-8-2-4-15-7-8/h2-5,7,11-12H,6H2,1H3. The van der Waals surface area contributed by atoms with E-state index in [1.54, 1.807) is 29.9 Å². The minimum absolute atomic E-state index is 0.350. The molecule has 0 bridgehead atoms. The Hall–Kier alpha value is -0.890. The van der Waals surface area contributed by atoms with Crippen molar-refractivity contribution in [1.82, 2.24) is 5.32 Å². The number of anilines is 1. The second kappa shape index (κ2) is 5.18. The second-order valence-corrected chi connectivity index (χ2v) is 6.79. The van der Waals surface area contributed by atoms with Gasteiger partial charge in [0.25, 0.3) is 10.0 Å². The molecule has 0 atom stereocenters. The van der Waals surface area contributed by atoms with E-state index < -0.39 is 10.0 Å². The maximum Gasteiger partial charge on any atom is 0.263 e. The van der Waals surface area contributed by atoms with Crippen molar-refractivity contribution in [2.45, 2.75) is 11.4 Å². The third-order valence-corrected chi connectivity index (χ3v) is 5.30. The lowest BCUT2D eigenvalue weighted by atomic mass is 10.5. The van der Waals surface area contributed by atoms with Crippen LogP contribution in [0.2, 0.25) is 0 Å². The summed E-state index contributed by atoms with van der Waals surface area (Å²) in [5, 5.41) is 8.35. The van der Waals surface area contributed by atoms with Crippen LogP contribution in [0.25, 0.3) is 0 Å². The average molecular weight is 288 g/mol. The molecule has 0 spiro atoms. The molecule has 0 amide bonds. The molecule has 4 nitrogen and oxygen atoms in total. The van der Waals surface area contributed by atoms with Crippen LogP contribution in [-0.4, -0.2) is 15.5 Å². The predicted molar refractivity (Wildman–Crippen MR) is 72.2 cm³/mol. The summed E-state index contributed by atoms with van der Waals surface area (Å²) in [5.74, 6) is 0. The second-order valence-electron chi connectivity index (χ2n) is 3.36. The smallest absolute Gasteiger partial charge is 0.263 e. The highest BCUT2D eigenvalue weighted by atomic mass is 32.2. The summed E-state index contributed by atoms with van der Waals surface area (Å²) >= 11 is 2.89. The molecule has 2 aromatic heterocycles. The number of rotatable bonds is 5. The fourth-order valence-corrected chi connectivity index (χ4v) is 4.56. The summed E-state index contributed by atoms with van der Waals surface area (Å²) in [6.45, 7) is 0.553. The van der Waals surface area contributed by atoms with E-state index in [1.165, 1.54) is 22.7 Å². The van der Waals surface area contributed by atoms with E-state index in [9.17, 15) is 8.42 Å². The topological polar surface area (TPSA) is 58.2 Å². The number of sulfonamides is 1. The lowest BCUT2D eigenvalue weighted by Gasteiger charge is -2.06. The van der Waals surface area contributed by atoms with Gasteiger partial charge in [0.05, 0.1) is 5.69 Å². The van der Waals surface area contributed by atoms with Crippen molar-refractivity contribution in [1.29, 1.82) is 0 Å². The first-order chi connectivity index (χ1) is 8.13. The Morgan fingerprint density at radius 3 is 2.76 bits per heavy atom. The Morgan fingerprint density at radius 2 is 2.12 bits per heavy atom. The molecule has 0 aliphatic heterocycles. The summed E-state index contributed by atoms with van der Waals surface area (Å²) in [6.07, 6.45) is 0. The van der Waals surface area contributed by atoms with E-state index in [2.05, 4.69) is 10.0 Å². The SMILES string of the molecule is CNCc1sccc1S(=O)(=O)Nc1ccsc1. The molecule has 0 radical (unpaired) electrons. The molecule has 0 aliphatic carbocycles. The van der Waals surface area contributed by atoms with Crippen molar-refractivity contribution in [3.05, 3.63) is 33.2 Å². The molecule has 0 saturated carbocycles. The highest BCUT2D eigenvalue weighted by Gasteiger charge is 2.19. The van der Waals surface area contributed by atoms with E-state index in [0.717, 1.165) is 4.88 Å². The van der Waals surface area contributed by atoms with Crippen molar-refractivity contribution < 1.29 is 8.42 Å². The number of thiophene rings is 2. The maximum atomic E-state index is 12.1. The molecule has 7 heteroatoms. The molecule has 92 valence electrons. The van der Waals surface area contributed by atoms with Gasteiger partial charge in [0.1, 0.15) is 4.90 Å². The first-order valence-corrected chi connectivity index (χ1v) is 8.20. The summed E-state index contributed by atoms with van der Waals surface area (Å²) in [5.41, 5.74) is 0.608. The Labute approximate surface area is 108 Å². The van der Waals surface area contributed by atoms with Crippen LogP contribution in [0.3, 0.4) is 0 Å². The first kappa shape index (κ1) is 12.6. The number of hydrogen-bond donors (Lipinski definition) is 2. The minimum atomic E-state index is -3.47. The Balaban J connectivity index is 2.28. The van der Waals surface area contributed by atoms with E-state index in [4.69, 9.17) is 0 Å². The fraction of sp³-hybridized carbons (Fsp3) is 0.200. The molecule has 17 heavy (non-hydrogen) atoms. The monoisotopic (exact) mass is 288 g/mol. The average Bonchev–Trinajstić information content (AvgIpc) is 2.88. The van der Waals surface area contributed by atoms with Gasteiger partial charge in [-0.2, -0.15) is 11.3 Å². The summed E-state index contributed by atoms with van der Waals surface area (Å²) < 4.78 is 26.8. The van der Waals surface area contributed by atoms with Gasteiger partial charge in [-0.25, -0.2) is 8.42 Å². The lowest BCUT2D eigenvalue weighted by molar-refractivity contribution is 0.600. The molecule has 2 aromatic rings. The first-order valence-electron chi connectivity index (χ1n) is 4.89. The Bertz CT molecular complexity index is 572. The van der Waals surface area contributed by atoms with Crippen molar-refractivity contribution in [2.75, 3.05) is 11.8 Å². The van der Waals surface area contributed by atoms with Crippen LogP contribution in [-0.2, 0) is 16.6 Å². The number of nitrogens with one attached hydrogen (secondary N) is 2. The van der Waals surface area contributed by atoms with E-state index in [1.807, 2.05) is 5.38 Å². The van der Waals surface area contributed by atoms with Crippen LogP contribution in [0.4, 0.5) is 5.69 Å². The van der Waals surface area contributed by atoms with Gasteiger partial charge in [-0.3, -0.25) is 4.72 Å². The summed E-state index contributed by atoms with van der Waals surface area (Å²) in [6, 6.07) is 3.37. The lowest BCUT2D eigenvalue weighted by Crippen LogP contribution is -2.15. The molecular weight excluding hydrogens is 276 g/mol. The van der Waals surface area contributed by atoms with E-state index in [0.29, 0.717) is 17.1 Å². The zero-order valence-corrected chi connectivity index (χ0v) is 11.6. The van der Waals surface area contributed by atoms with Crippen molar-refractivity contribution in [3.63, 3.8) is 0 Å². The van der Waals surface area contributed by atoms with Gasteiger partial charge in [-0.05, 0) is 29.9 Å². The highest BCUT2D eigenvalue weighted by molar-refractivity contribution is 7.93. The normalized spacial score (nSPS) is 11.6. The molecule has 0 aliphatic rings. The van der Waals surface area contributed by atoms with Gasteiger partial charge in [0.15, 0.2) is 0 Å². The molecule has 2 heterocycles. The van der Waals surface area contributed by atoms with E-state index >= 15 is 0 Å². The third-order valence-electron chi connectivity index (χ3n) is 2.10. The van der Waals surface area contributed by atoms with Crippen LogP contribution >= 0.6 is 22.7 Å². The molecule has 0 unspecified atom stereocenters. The van der Waals surface area contributed by atoms with Crippen LogP contribution in [0.5, 0.6) is 0 Å². The molecule has 2 rings (SSSR count). The number of hydrogen-bond acceptors (Lipinski definition) is 5. The molecule has 0 saturated heterocycles. The van der Waals surface area contributed by atoms with Crippen molar-refractivity contribution in [2.24, 2.45) is 0 Å². The Morgan fingerprint density at radius 1 is 1.29 bits per heavy atom. The van der Waals surface area contributed by atoms with Gasteiger partial charge in [-0.15, -0.1) is 11.3 Å². The summed E-state index contributed by atoms with van der Waals surface area (Å²) in [4.78, 5) is 1.17. The van der Waals surface area contributed by atoms with Crippen LogP contribution in [0.15, 0.2) is 33.2 Å². The van der Waals surface area contributed by atoms with Crippen LogP contribution < -0.4 is 10.0 Å². The zero-order chi connectivity index (χ0) is 12.3. The minimum Gasteiger partial charge on any atom is -0.315 e. The molecule has 2 N–H and O–H groups in total. The van der Waals surface area contributed by atoms with Crippen molar-refractivity contribution in [3.8, 4) is 0 Å². The van der Waals surface area contributed by atoms with E-state index in [-0.39, 0.29) is 0 Å². The Kier molecular flexibility index (Phi) is 3.82. The van der Waals surface area contributed by atoms with Crippen LogP contribution in [0.1, 0.15) is 4.88 Å².